The van der Waals surface area contributed by atoms with Gasteiger partial charge < -0.3 is 5.11 Å². The summed E-state index contributed by atoms with van der Waals surface area (Å²) in [6, 6.07) is 0.173. The number of nitrogens with zero attached hydrogens (tertiary/aromatic N) is 3. The van der Waals surface area contributed by atoms with Gasteiger partial charge in [0.25, 0.3) is 0 Å². The van der Waals surface area contributed by atoms with Gasteiger partial charge in [0.1, 0.15) is 0 Å². The summed E-state index contributed by atoms with van der Waals surface area (Å²) < 4.78 is 6.57. The molecule has 0 aliphatic heterocycles. The minimum atomic E-state index is -0.401. The Hall–Kier alpha value is -1.72. The van der Waals surface area contributed by atoms with E-state index in [1.165, 1.54) is 19.8 Å². The van der Waals surface area contributed by atoms with Crippen LogP contribution in [0.2, 0.25) is 0 Å². The first-order valence-corrected chi connectivity index (χ1v) is 6.31. The first kappa shape index (κ1) is 12.7. The molecule has 98 valence electrons. The summed E-state index contributed by atoms with van der Waals surface area (Å²) in [5, 5.41) is 14.8. The van der Waals surface area contributed by atoms with Crippen LogP contribution in [0, 0.1) is 0 Å². The highest BCUT2D eigenvalue weighted by molar-refractivity contribution is 5.79. The molecule has 0 amide bonds. The summed E-state index contributed by atoms with van der Waals surface area (Å²) in [5.41, 5.74) is 0.261. The van der Waals surface area contributed by atoms with Gasteiger partial charge in [-0.05, 0) is 30.3 Å². The van der Waals surface area contributed by atoms with Gasteiger partial charge in [-0.2, -0.15) is 0 Å². The van der Waals surface area contributed by atoms with Gasteiger partial charge in [-0.25, -0.2) is 4.99 Å². The van der Waals surface area contributed by atoms with Crippen LogP contribution in [0.5, 0.6) is 0 Å². The molecule has 1 aromatic heterocycles. The molecular weight excluding hydrogens is 234 g/mol. The van der Waals surface area contributed by atoms with E-state index in [0.717, 1.165) is 25.7 Å². The van der Waals surface area contributed by atoms with Crippen molar-refractivity contribution in [2.24, 2.45) is 4.99 Å². The van der Waals surface area contributed by atoms with E-state index in [2.05, 4.69) is 10.3 Å². The Kier molecular flexibility index (Phi) is 4.07. The van der Waals surface area contributed by atoms with Crippen LogP contribution in [0.15, 0.2) is 9.52 Å². The zero-order valence-electron chi connectivity index (χ0n) is 10.5. The highest BCUT2D eigenvalue weighted by Crippen LogP contribution is 2.24. The maximum atomic E-state index is 11.1. The fraction of sp³-hybridized carbons (Fsp3) is 0.667. The van der Waals surface area contributed by atoms with Crippen LogP contribution in [0.25, 0.3) is 0 Å². The molecule has 0 aromatic carbocycles. The van der Waals surface area contributed by atoms with Crippen LogP contribution in [-0.2, 0) is 0 Å². The Balaban J connectivity index is 2.29. The van der Waals surface area contributed by atoms with Crippen LogP contribution in [-0.4, -0.2) is 17.5 Å². The van der Waals surface area contributed by atoms with E-state index in [-0.39, 0.29) is 17.6 Å². The molecule has 1 heterocycles. The van der Waals surface area contributed by atoms with Crippen molar-refractivity contribution in [3.05, 3.63) is 5.69 Å². The van der Waals surface area contributed by atoms with E-state index in [9.17, 15) is 9.90 Å². The van der Waals surface area contributed by atoms with Crippen LogP contribution in [0.3, 0.4) is 0 Å². The van der Waals surface area contributed by atoms with Crippen LogP contribution >= 0.6 is 0 Å². The van der Waals surface area contributed by atoms with Crippen LogP contribution in [0.1, 0.15) is 62.0 Å². The normalized spacial score (nSPS) is 18.6. The molecule has 0 N–H and O–H groups in total. The second-order valence-electron chi connectivity index (χ2n) is 4.60. The summed E-state index contributed by atoms with van der Waals surface area (Å²) in [4.78, 5) is 14.8. The number of hydrogen-bond acceptors (Lipinski definition) is 5. The molecule has 18 heavy (non-hydrogen) atoms. The van der Waals surface area contributed by atoms with Gasteiger partial charge in [-0.15, -0.1) is 0 Å². The summed E-state index contributed by atoms with van der Waals surface area (Å²) in [6.07, 6.45) is 7.31. The Bertz CT molecular complexity index is 441. The van der Waals surface area contributed by atoms with Gasteiger partial charge in [0.05, 0.1) is 0 Å². The lowest BCUT2D eigenvalue weighted by Gasteiger charge is -2.03. The van der Waals surface area contributed by atoms with Gasteiger partial charge >= 0.3 is 11.6 Å². The standard InChI is InChI=1S/C12H17N3O3/c1-9(17)13-12-11(8-16)15(14-18-12)10-6-4-2-3-5-7-10/h8,10H,2-7H2,1H3. The summed E-state index contributed by atoms with van der Waals surface area (Å²) >= 11 is 0. The van der Waals surface area contributed by atoms with Crippen molar-refractivity contribution >= 4 is 18.1 Å². The third-order valence-corrected chi connectivity index (χ3v) is 3.22. The van der Waals surface area contributed by atoms with Crippen LogP contribution in [0.4, 0.5) is 5.88 Å². The summed E-state index contributed by atoms with van der Waals surface area (Å²) in [5.74, 6) is -0.385. The lowest BCUT2D eigenvalue weighted by atomic mass is 10.1. The predicted octanol–water partition coefficient (Wildman–Crippen LogP) is 1.08. The van der Waals surface area contributed by atoms with E-state index in [0.29, 0.717) is 6.29 Å². The fourth-order valence-electron chi connectivity index (χ4n) is 2.36. The number of aromatic nitrogens is 2. The van der Waals surface area contributed by atoms with Crippen molar-refractivity contribution in [2.75, 3.05) is 0 Å². The topological polar surface area (TPSA) is 82.4 Å². The summed E-state index contributed by atoms with van der Waals surface area (Å²) in [6.45, 7) is 1.31. The molecule has 1 aromatic rings. The molecule has 0 radical (unpaired) electrons. The monoisotopic (exact) mass is 251 g/mol. The molecule has 0 spiro atoms. The van der Waals surface area contributed by atoms with Gasteiger partial charge in [-0.1, -0.05) is 12.8 Å². The minimum Gasteiger partial charge on any atom is -0.862 e. The van der Waals surface area contributed by atoms with E-state index in [4.69, 9.17) is 4.52 Å². The lowest BCUT2D eigenvalue weighted by molar-refractivity contribution is -0.787. The molecule has 0 unspecified atom stereocenters. The smallest absolute Gasteiger partial charge is 0.339 e. The van der Waals surface area contributed by atoms with Crippen molar-refractivity contribution in [2.45, 2.75) is 51.5 Å². The molecular formula is C12H17N3O3. The number of aliphatic imine (C=N–C) groups is 1. The van der Waals surface area contributed by atoms with Gasteiger partial charge in [0, 0.05) is 12.8 Å². The zero-order chi connectivity index (χ0) is 13.0. The van der Waals surface area contributed by atoms with Crippen molar-refractivity contribution in [1.29, 1.82) is 0 Å². The molecule has 0 bridgehead atoms. The molecule has 6 nitrogen and oxygen atoms in total. The lowest BCUT2D eigenvalue weighted by Crippen LogP contribution is -2.44. The van der Waals surface area contributed by atoms with E-state index in [1.807, 2.05) is 0 Å². The first-order chi connectivity index (χ1) is 8.72. The largest absolute Gasteiger partial charge is 0.862 e. The molecule has 6 heteroatoms. The Morgan fingerprint density at radius 3 is 2.67 bits per heavy atom. The quantitative estimate of drug-likeness (QED) is 0.264. The number of aldehydes is 1. The van der Waals surface area contributed by atoms with E-state index >= 15 is 0 Å². The second-order valence-corrected chi connectivity index (χ2v) is 4.60. The third-order valence-electron chi connectivity index (χ3n) is 3.22. The zero-order valence-corrected chi connectivity index (χ0v) is 10.5. The van der Waals surface area contributed by atoms with Crippen molar-refractivity contribution in [3.8, 4) is 0 Å². The second kappa shape index (κ2) is 5.75. The fourth-order valence-corrected chi connectivity index (χ4v) is 2.36. The minimum absolute atomic E-state index is 0.0155. The van der Waals surface area contributed by atoms with Crippen molar-refractivity contribution < 1.29 is 19.1 Å². The number of carbonyl (C=O) groups excluding carboxylic acids is 1. The molecule has 1 aliphatic rings. The van der Waals surface area contributed by atoms with Crippen molar-refractivity contribution in [1.82, 2.24) is 5.27 Å². The molecule has 2 rings (SSSR count). The first-order valence-electron chi connectivity index (χ1n) is 6.31. The van der Waals surface area contributed by atoms with Gasteiger partial charge in [-0.3, -0.25) is 9.32 Å². The van der Waals surface area contributed by atoms with E-state index in [1.54, 1.807) is 4.68 Å². The third kappa shape index (κ3) is 2.75. The maximum Gasteiger partial charge on any atom is 0.339 e. The maximum absolute atomic E-state index is 11.1. The number of hydrogen-bond donors (Lipinski definition) is 0. The van der Waals surface area contributed by atoms with Crippen LogP contribution < -0.4 is 9.79 Å². The Morgan fingerprint density at radius 1 is 1.44 bits per heavy atom. The average Bonchev–Trinajstić information content (AvgIpc) is 2.57. The van der Waals surface area contributed by atoms with Gasteiger partial charge in [0.15, 0.2) is 6.04 Å². The molecule has 0 atom stereocenters. The molecule has 0 saturated heterocycles. The average molecular weight is 251 g/mol. The predicted molar refractivity (Wildman–Crippen MR) is 61.6 cm³/mol. The summed E-state index contributed by atoms with van der Waals surface area (Å²) in [7, 11) is 0. The molecule has 1 aliphatic carbocycles. The Labute approximate surface area is 105 Å². The SMILES string of the molecule is C/C([O-])=N/c1on[n+](C2CCCCCC2)c1C=O. The molecule has 1 fully saturated rings. The molecule has 1 saturated carbocycles. The highest BCUT2D eigenvalue weighted by atomic mass is 16.5. The number of carbonyl (C=O) groups is 1. The van der Waals surface area contributed by atoms with E-state index < -0.39 is 5.90 Å². The highest BCUT2D eigenvalue weighted by Gasteiger charge is 2.32. The van der Waals surface area contributed by atoms with Gasteiger partial charge in [0.2, 0.25) is 11.6 Å². The number of rotatable bonds is 3. The van der Waals surface area contributed by atoms with Crippen molar-refractivity contribution in [3.63, 3.8) is 0 Å². The Morgan fingerprint density at radius 2 is 2.11 bits per heavy atom.